The summed E-state index contributed by atoms with van der Waals surface area (Å²) in [7, 11) is 1.32. The molecule has 0 spiro atoms. The van der Waals surface area contributed by atoms with Crippen LogP contribution in [-0.4, -0.2) is 34.8 Å². The second-order valence-electron chi connectivity index (χ2n) is 7.04. The van der Waals surface area contributed by atoms with E-state index in [1.807, 2.05) is 49.4 Å². The number of methoxy groups -OCH3 is 1. The number of thiophene rings is 1. The molecule has 1 amide bonds. The first-order valence-electron chi connectivity index (χ1n) is 9.64. The first kappa shape index (κ1) is 21.1. The highest BCUT2D eigenvalue weighted by Crippen LogP contribution is 2.30. The molecule has 6 nitrogen and oxygen atoms in total. The van der Waals surface area contributed by atoms with E-state index in [4.69, 9.17) is 16.3 Å². The van der Waals surface area contributed by atoms with Crippen LogP contribution in [0.1, 0.15) is 20.9 Å². The highest BCUT2D eigenvalue weighted by molar-refractivity contribution is 7.20. The summed E-state index contributed by atoms with van der Waals surface area (Å²) in [5.74, 6) is -0.809. The molecule has 0 unspecified atom stereocenters. The van der Waals surface area contributed by atoms with E-state index in [0.29, 0.717) is 16.3 Å². The minimum absolute atomic E-state index is 0.324. The molecule has 4 aromatic rings. The van der Waals surface area contributed by atoms with Gasteiger partial charge in [-0.2, -0.15) is 5.10 Å². The third-order valence-electron chi connectivity index (χ3n) is 4.91. The van der Waals surface area contributed by atoms with Crippen molar-refractivity contribution in [2.45, 2.75) is 19.4 Å². The van der Waals surface area contributed by atoms with E-state index in [-0.39, 0.29) is 5.91 Å². The highest BCUT2D eigenvalue weighted by Gasteiger charge is 2.24. The van der Waals surface area contributed by atoms with Gasteiger partial charge in [-0.25, -0.2) is 9.48 Å². The molecule has 0 bridgehead atoms. The van der Waals surface area contributed by atoms with Gasteiger partial charge in [-0.05, 0) is 42.8 Å². The molecule has 0 saturated heterocycles. The van der Waals surface area contributed by atoms with Crippen molar-refractivity contribution in [3.05, 3.63) is 81.8 Å². The number of fused-ring (bicyclic) bond motifs is 1. The molecule has 0 radical (unpaired) electrons. The molecule has 4 rings (SSSR count). The van der Waals surface area contributed by atoms with Gasteiger partial charge in [-0.1, -0.05) is 41.9 Å². The number of halogens is 1. The summed E-state index contributed by atoms with van der Waals surface area (Å²) >= 11 is 7.32. The van der Waals surface area contributed by atoms with E-state index in [2.05, 4.69) is 10.4 Å². The Morgan fingerprint density at radius 3 is 2.55 bits per heavy atom. The SMILES string of the molecule is COC(=O)[C@H](Cc1ccccc1)NC(=O)c1cc2c(C)nn(-c3ccc(Cl)cc3)c2s1. The smallest absolute Gasteiger partial charge is 0.328 e. The Balaban J connectivity index is 1.61. The number of hydrogen-bond donors (Lipinski definition) is 1. The number of aryl methyl sites for hydroxylation is 1. The number of nitrogens with zero attached hydrogens (tertiary/aromatic N) is 2. The van der Waals surface area contributed by atoms with E-state index in [9.17, 15) is 9.59 Å². The van der Waals surface area contributed by atoms with Crippen LogP contribution in [0.3, 0.4) is 0 Å². The lowest BCUT2D eigenvalue weighted by molar-refractivity contribution is -0.142. The number of carbonyl (C=O) groups excluding carboxylic acids is 2. The van der Waals surface area contributed by atoms with Crippen LogP contribution in [0.15, 0.2) is 60.7 Å². The van der Waals surface area contributed by atoms with Gasteiger partial charge in [0, 0.05) is 16.8 Å². The number of amides is 1. The van der Waals surface area contributed by atoms with Gasteiger partial charge in [0.15, 0.2) is 0 Å². The lowest BCUT2D eigenvalue weighted by atomic mass is 10.1. The van der Waals surface area contributed by atoms with Crippen LogP contribution in [0.2, 0.25) is 5.02 Å². The van der Waals surface area contributed by atoms with Crippen molar-refractivity contribution in [3.8, 4) is 5.69 Å². The van der Waals surface area contributed by atoms with Gasteiger partial charge in [0.05, 0.1) is 23.4 Å². The number of nitrogens with one attached hydrogen (secondary N) is 1. The van der Waals surface area contributed by atoms with Crippen molar-refractivity contribution >= 4 is 45.0 Å². The van der Waals surface area contributed by atoms with Crippen molar-refractivity contribution in [2.24, 2.45) is 0 Å². The Bertz CT molecular complexity index is 1230. The number of ether oxygens (including phenoxy) is 1. The normalized spacial score (nSPS) is 12.0. The fraction of sp³-hybridized carbons (Fsp3) is 0.174. The molecule has 158 valence electrons. The molecule has 0 aliphatic heterocycles. The summed E-state index contributed by atoms with van der Waals surface area (Å²) in [5, 5.41) is 8.94. The largest absolute Gasteiger partial charge is 0.467 e. The monoisotopic (exact) mass is 453 g/mol. The molecule has 0 fully saturated rings. The van der Waals surface area contributed by atoms with Crippen LogP contribution in [-0.2, 0) is 16.0 Å². The predicted molar refractivity (Wildman–Crippen MR) is 122 cm³/mol. The fourth-order valence-electron chi connectivity index (χ4n) is 3.33. The molecule has 2 aromatic carbocycles. The van der Waals surface area contributed by atoms with Crippen LogP contribution in [0.5, 0.6) is 0 Å². The lowest BCUT2D eigenvalue weighted by Crippen LogP contribution is -2.42. The summed E-state index contributed by atoms with van der Waals surface area (Å²) in [6, 6.07) is 17.9. The zero-order valence-corrected chi connectivity index (χ0v) is 18.5. The zero-order valence-electron chi connectivity index (χ0n) is 17.0. The van der Waals surface area contributed by atoms with E-state index < -0.39 is 12.0 Å². The summed E-state index contributed by atoms with van der Waals surface area (Å²) in [4.78, 5) is 26.6. The third kappa shape index (κ3) is 4.47. The number of esters is 1. The lowest BCUT2D eigenvalue weighted by Gasteiger charge is -2.16. The van der Waals surface area contributed by atoms with Gasteiger partial charge in [-0.3, -0.25) is 4.79 Å². The molecule has 1 N–H and O–H groups in total. The number of aromatic nitrogens is 2. The van der Waals surface area contributed by atoms with Gasteiger partial charge in [0.2, 0.25) is 0 Å². The van der Waals surface area contributed by atoms with Crippen molar-refractivity contribution in [1.82, 2.24) is 15.1 Å². The Labute approximate surface area is 188 Å². The summed E-state index contributed by atoms with van der Waals surface area (Å²) < 4.78 is 6.69. The topological polar surface area (TPSA) is 73.2 Å². The number of carbonyl (C=O) groups is 2. The van der Waals surface area contributed by atoms with Crippen LogP contribution < -0.4 is 5.32 Å². The minimum atomic E-state index is -0.779. The number of hydrogen-bond acceptors (Lipinski definition) is 5. The van der Waals surface area contributed by atoms with Gasteiger partial charge < -0.3 is 10.1 Å². The Kier molecular flexibility index (Phi) is 6.06. The third-order valence-corrected chi connectivity index (χ3v) is 6.27. The average molecular weight is 454 g/mol. The maximum absolute atomic E-state index is 13.0. The van der Waals surface area contributed by atoms with Crippen molar-refractivity contribution in [1.29, 1.82) is 0 Å². The Hall–Kier alpha value is -3.16. The molecular formula is C23H20ClN3O3S. The molecular weight excluding hydrogens is 434 g/mol. The zero-order chi connectivity index (χ0) is 22.0. The maximum Gasteiger partial charge on any atom is 0.328 e. The second-order valence-corrected chi connectivity index (χ2v) is 8.51. The van der Waals surface area contributed by atoms with E-state index in [1.54, 1.807) is 22.9 Å². The summed E-state index contributed by atoms with van der Waals surface area (Å²) in [5.41, 5.74) is 2.60. The van der Waals surface area contributed by atoms with Gasteiger partial charge in [0.25, 0.3) is 5.91 Å². The van der Waals surface area contributed by atoms with Gasteiger partial charge in [-0.15, -0.1) is 11.3 Å². The molecule has 8 heteroatoms. The number of rotatable bonds is 6. The van der Waals surface area contributed by atoms with Crippen LogP contribution in [0.4, 0.5) is 0 Å². The quantitative estimate of drug-likeness (QED) is 0.434. The molecule has 2 heterocycles. The van der Waals surface area contributed by atoms with Crippen molar-refractivity contribution < 1.29 is 14.3 Å². The average Bonchev–Trinajstić information content (AvgIpc) is 3.35. The first-order chi connectivity index (χ1) is 15.0. The van der Waals surface area contributed by atoms with Gasteiger partial charge >= 0.3 is 5.97 Å². The van der Waals surface area contributed by atoms with Crippen molar-refractivity contribution in [2.75, 3.05) is 7.11 Å². The van der Waals surface area contributed by atoms with Gasteiger partial charge in [0.1, 0.15) is 10.9 Å². The standard InChI is InChI=1S/C23H20ClN3O3S/c1-14-18-13-20(31-22(18)27(26-14)17-10-8-16(24)9-11-17)21(28)25-19(23(29)30-2)12-15-6-4-3-5-7-15/h3-11,13,19H,12H2,1-2H3,(H,25,28)/t19-/m0/s1. The van der Waals surface area contributed by atoms with Crippen LogP contribution >= 0.6 is 22.9 Å². The highest BCUT2D eigenvalue weighted by atomic mass is 35.5. The molecule has 0 saturated carbocycles. The Morgan fingerprint density at radius 1 is 1.16 bits per heavy atom. The van der Waals surface area contributed by atoms with Crippen molar-refractivity contribution in [3.63, 3.8) is 0 Å². The van der Waals surface area contributed by atoms with Crippen LogP contribution in [0.25, 0.3) is 15.9 Å². The minimum Gasteiger partial charge on any atom is -0.467 e. The molecule has 0 aliphatic rings. The van der Waals surface area contributed by atoms with E-state index in [0.717, 1.165) is 27.2 Å². The van der Waals surface area contributed by atoms with E-state index >= 15 is 0 Å². The predicted octanol–water partition coefficient (Wildman–Crippen LogP) is 4.56. The van der Waals surface area contributed by atoms with E-state index in [1.165, 1.54) is 18.4 Å². The molecule has 0 aliphatic carbocycles. The molecule has 2 aromatic heterocycles. The maximum atomic E-state index is 13.0. The number of benzene rings is 2. The Morgan fingerprint density at radius 2 is 1.87 bits per heavy atom. The molecule has 31 heavy (non-hydrogen) atoms. The fourth-order valence-corrected chi connectivity index (χ4v) is 4.54. The first-order valence-corrected chi connectivity index (χ1v) is 10.8. The summed E-state index contributed by atoms with van der Waals surface area (Å²) in [6.45, 7) is 1.90. The molecule has 1 atom stereocenters. The second kappa shape index (κ2) is 8.91. The van der Waals surface area contributed by atoms with Crippen LogP contribution in [0, 0.1) is 6.92 Å². The summed E-state index contributed by atoms with van der Waals surface area (Å²) in [6.07, 6.45) is 0.349.